The molecule has 1 fully saturated rings. The highest BCUT2D eigenvalue weighted by atomic mass is 19.1. The molecule has 0 bridgehead atoms. The molecule has 0 amide bonds. The van der Waals surface area contributed by atoms with Crippen LogP contribution in [0.1, 0.15) is 17.1 Å². The minimum Gasteiger partial charge on any atom is -0.354 e. The highest BCUT2D eigenvalue weighted by Crippen LogP contribution is 2.21. The van der Waals surface area contributed by atoms with Crippen LogP contribution in [0.15, 0.2) is 36.4 Å². The summed E-state index contributed by atoms with van der Waals surface area (Å²) in [5.41, 5.74) is 1.86. The topological polar surface area (TPSA) is 73.0 Å². The second-order valence-electron chi connectivity index (χ2n) is 7.21. The molecule has 0 aliphatic carbocycles. The Bertz CT molecular complexity index is 989. The summed E-state index contributed by atoms with van der Waals surface area (Å²) < 4.78 is 13.1. The van der Waals surface area contributed by atoms with Crippen LogP contribution in [0.4, 0.5) is 21.8 Å². The number of nitrogens with one attached hydrogen (secondary N) is 2. The van der Waals surface area contributed by atoms with E-state index in [4.69, 9.17) is 4.98 Å². The molecule has 0 spiro atoms. The fraction of sp³-hybridized carbons (Fsp3) is 0.286. The van der Waals surface area contributed by atoms with Gasteiger partial charge in [-0.25, -0.2) is 14.4 Å². The molecule has 150 valence electrons. The van der Waals surface area contributed by atoms with E-state index in [0.29, 0.717) is 17.5 Å². The van der Waals surface area contributed by atoms with Gasteiger partial charge in [0.25, 0.3) is 0 Å². The summed E-state index contributed by atoms with van der Waals surface area (Å²) in [5, 5.41) is 10.4. The first-order chi connectivity index (χ1) is 14.0. The molecule has 3 heterocycles. The maximum atomic E-state index is 13.1. The van der Waals surface area contributed by atoms with Gasteiger partial charge in [0.05, 0.1) is 0 Å². The lowest BCUT2D eigenvalue weighted by Crippen LogP contribution is -2.44. The second kappa shape index (κ2) is 8.40. The molecule has 1 aliphatic heterocycles. The van der Waals surface area contributed by atoms with Crippen LogP contribution < -0.4 is 10.2 Å². The highest BCUT2D eigenvalue weighted by molar-refractivity contribution is 5.69. The third kappa shape index (κ3) is 4.97. The molecule has 0 radical (unpaired) electrons. The zero-order chi connectivity index (χ0) is 20.2. The first kappa shape index (κ1) is 19.1. The molecular weight excluding hydrogens is 369 g/mol. The van der Waals surface area contributed by atoms with Crippen LogP contribution in [0.5, 0.6) is 0 Å². The van der Waals surface area contributed by atoms with Gasteiger partial charge in [0.2, 0.25) is 0 Å². The molecular formula is C21H24FN7. The lowest BCUT2D eigenvalue weighted by Gasteiger charge is -2.33. The van der Waals surface area contributed by atoms with Crippen LogP contribution >= 0.6 is 0 Å². The Balaban J connectivity index is 1.62. The van der Waals surface area contributed by atoms with Crippen LogP contribution in [0.25, 0.3) is 12.2 Å². The Hall–Kier alpha value is -3.26. The van der Waals surface area contributed by atoms with Crippen LogP contribution in [-0.2, 0) is 0 Å². The van der Waals surface area contributed by atoms with Crippen LogP contribution in [-0.4, -0.2) is 58.3 Å². The minimum absolute atomic E-state index is 0.253. The lowest BCUT2D eigenvalue weighted by atomic mass is 10.2. The van der Waals surface area contributed by atoms with Crippen molar-refractivity contribution in [3.8, 4) is 0 Å². The van der Waals surface area contributed by atoms with Crippen molar-refractivity contribution < 1.29 is 4.39 Å². The third-order valence-electron chi connectivity index (χ3n) is 4.81. The van der Waals surface area contributed by atoms with Gasteiger partial charge in [0, 0.05) is 44.0 Å². The Labute approximate surface area is 169 Å². The predicted octanol–water partition coefficient (Wildman–Crippen LogP) is 3.31. The van der Waals surface area contributed by atoms with Gasteiger partial charge >= 0.3 is 0 Å². The average molecular weight is 393 g/mol. The molecule has 4 rings (SSSR count). The molecule has 1 aliphatic rings. The number of H-pyrrole nitrogens is 1. The van der Waals surface area contributed by atoms with Crippen molar-refractivity contribution in [3.05, 3.63) is 59.3 Å². The highest BCUT2D eigenvalue weighted by Gasteiger charge is 2.17. The van der Waals surface area contributed by atoms with E-state index in [1.54, 1.807) is 12.1 Å². The molecule has 1 aromatic carbocycles. The number of nitrogens with zero attached hydrogens (tertiary/aromatic N) is 5. The van der Waals surface area contributed by atoms with E-state index < -0.39 is 0 Å². The van der Waals surface area contributed by atoms with Gasteiger partial charge < -0.3 is 15.1 Å². The number of rotatable bonds is 5. The van der Waals surface area contributed by atoms with Gasteiger partial charge in [-0.15, -0.1) is 0 Å². The van der Waals surface area contributed by atoms with Gasteiger partial charge in [0.1, 0.15) is 17.5 Å². The maximum absolute atomic E-state index is 13.1. The zero-order valence-electron chi connectivity index (χ0n) is 16.6. The van der Waals surface area contributed by atoms with Gasteiger partial charge in [-0.3, -0.25) is 5.10 Å². The van der Waals surface area contributed by atoms with E-state index in [0.717, 1.165) is 43.3 Å². The Morgan fingerprint density at radius 2 is 1.76 bits per heavy atom. The fourth-order valence-corrected chi connectivity index (χ4v) is 3.15. The summed E-state index contributed by atoms with van der Waals surface area (Å²) in [4.78, 5) is 13.9. The summed E-state index contributed by atoms with van der Waals surface area (Å²) in [6, 6.07) is 10.2. The van der Waals surface area contributed by atoms with Crippen molar-refractivity contribution in [2.45, 2.75) is 6.92 Å². The summed E-state index contributed by atoms with van der Waals surface area (Å²) in [7, 11) is 2.13. The number of aromatic nitrogens is 4. The summed E-state index contributed by atoms with van der Waals surface area (Å²) in [6.45, 7) is 5.76. The summed E-state index contributed by atoms with van der Waals surface area (Å²) >= 11 is 0. The van der Waals surface area contributed by atoms with Crippen molar-refractivity contribution >= 4 is 29.6 Å². The van der Waals surface area contributed by atoms with E-state index >= 15 is 0 Å². The van der Waals surface area contributed by atoms with Crippen molar-refractivity contribution in [2.24, 2.45) is 0 Å². The van der Waals surface area contributed by atoms with E-state index in [-0.39, 0.29) is 5.82 Å². The minimum atomic E-state index is -0.253. The molecule has 0 saturated carbocycles. The average Bonchev–Trinajstić information content (AvgIpc) is 3.12. The van der Waals surface area contributed by atoms with Crippen molar-refractivity contribution in [1.82, 2.24) is 25.1 Å². The second-order valence-corrected chi connectivity index (χ2v) is 7.21. The van der Waals surface area contributed by atoms with Crippen molar-refractivity contribution in [2.75, 3.05) is 43.4 Å². The van der Waals surface area contributed by atoms with E-state index in [1.807, 2.05) is 31.2 Å². The Morgan fingerprint density at radius 1 is 1.00 bits per heavy atom. The van der Waals surface area contributed by atoms with E-state index in [1.165, 1.54) is 12.1 Å². The number of aromatic amines is 1. The third-order valence-corrected chi connectivity index (χ3v) is 4.81. The first-order valence-electron chi connectivity index (χ1n) is 9.60. The number of benzene rings is 1. The molecule has 7 nitrogen and oxygen atoms in total. The molecule has 2 aromatic heterocycles. The van der Waals surface area contributed by atoms with Gasteiger partial charge in [0.15, 0.2) is 11.6 Å². The zero-order valence-corrected chi connectivity index (χ0v) is 16.6. The molecule has 3 aromatic rings. The maximum Gasteiger partial charge on any atom is 0.156 e. The molecule has 1 saturated heterocycles. The Morgan fingerprint density at radius 3 is 2.45 bits per heavy atom. The molecule has 8 heteroatoms. The van der Waals surface area contributed by atoms with Crippen LogP contribution in [0.2, 0.25) is 0 Å². The van der Waals surface area contributed by atoms with Crippen LogP contribution in [0, 0.1) is 12.7 Å². The molecule has 0 unspecified atom stereocenters. The predicted molar refractivity (Wildman–Crippen MR) is 114 cm³/mol. The first-order valence-corrected chi connectivity index (χ1v) is 9.60. The number of anilines is 3. The SMILES string of the molecule is Cc1cc(Nc2cc(N3CCN(C)CC3)nc(C=Cc3ccc(F)cc3)n2)n[nH]1. The van der Waals surface area contributed by atoms with Crippen molar-refractivity contribution in [3.63, 3.8) is 0 Å². The monoisotopic (exact) mass is 393 g/mol. The van der Waals surface area contributed by atoms with E-state index in [2.05, 4.69) is 37.3 Å². The van der Waals surface area contributed by atoms with Gasteiger partial charge in [-0.2, -0.15) is 5.10 Å². The number of piperazine rings is 1. The number of halogens is 1. The molecule has 29 heavy (non-hydrogen) atoms. The standard InChI is InChI=1S/C21H24FN7/c1-15-13-20(27-26-15)24-19-14-21(29-11-9-28(2)10-12-29)25-18(23-19)8-5-16-3-6-17(22)7-4-16/h3-8,13-14H,9-12H2,1-2H3,(H2,23,24,25,26,27). The van der Waals surface area contributed by atoms with E-state index in [9.17, 15) is 4.39 Å². The van der Waals surface area contributed by atoms with Crippen molar-refractivity contribution in [1.29, 1.82) is 0 Å². The summed E-state index contributed by atoms with van der Waals surface area (Å²) in [6.07, 6.45) is 3.72. The largest absolute Gasteiger partial charge is 0.354 e. The summed E-state index contributed by atoms with van der Waals surface area (Å²) in [5.74, 6) is 2.59. The number of hydrogen-bond donors (Lipinski definition) is 2. The van der Waals surface area contributed by atoms with Gasteiger partial charge in [-0.05, 0) is 37.7 Å². The molecule has 0 atom stereocenters. The number of aryl methyl sites for hydroxylation is 1. The lowest BCUT2D eigenvalue weighted by molar-refractivity contribution is 0.312. The quantitative estimate of drug-likeness (QED) is 0.693. The Kier molecular flexibility index (Phi) is 5.53. The number of hydrogen-bond acceptors (Lipinski definition) is 6. The number of likely N-dealkylation sites (N-methyl/N-ethyl adjacent to an activating group) is 1. The van der Waals surface area contributed by atoms with Crippen LogP contribution in [0.3, 0.4) is 0 Å². The van der Waals surface area contributed by atoms with Gasteiger partial charge in [-0.1, -0.05) is 18.2 Å². The molecule has 2 N–H and O–H groups in total. The smallest absolute Gasteiger partial charge is 0.156 e. The normalized spacial score (nSPS) is 15.2. The fourth-order valence-electron chi connectivity index (χ4n) is 3.15.